The summed E-state index contributed by atoms with van der Waals surface area (Å²) >= 11 is 0. The zero-order valence-electron chi connectivity index (χ0n) is 10.9. The summed E-state index contributed by atoms with van der Waals surface area (Å²) in [5.74, 6) is 0.238. The summed E-state index contributed by atoms with van der Waals surface area (Å²) in [6.07, 6.45) is 3.45. The van der Waals surface area contributed by atoms with Crippen LogP contribution in [0.25, 0.3) is 0 Å². The lowest BCUT2D eigenvalue weighted by molar-refractivity contribution is -0.125. The molecule has 0 bridgehead atoms. The highest BCUT2D eigenvalue weighted by Crippen LogP contribution is 2.17. The Kier molecular flexibility index (Phi) is 3.89. The van der Waals surface area contributed by atoms with Gasteiger partial charge in [0.15, 0.2) is 0 Å². The third-order valence-corrected chi connectivity index (χ3v) is 2.88. The van der Waals surface area contributed by atoms with E-state index in [1.807, 2.05) is 37.7 Å². The maximum atomic E-state index is 11.8. The van der Waals surface area contributed by atoms with E-state index < -0.39 is 0 Å². The monoisotopic (exact) mass is 222 g/mol. The number of Topliss-reactive ketones (excluding diaryl/α,β-unsaturated/α-hetero) is 1. The van der Waals surface area contributed by atoms with Gasteiger partial charge in [-0.25, -0.2) is 0 Å². The lowest BCUT2D eigenvalue weighted by atomic mass is 9.88. The van der Waals surface area contributed by atoms with Crippen LogP contribution in [0.2, 0.25) is 0 Å². The van der Waals surface area contributed by atoms with E-state index in [0.717, 1.165) is 12.1 Å². The van der Waals surface area contributed by atoms with Gasteiger partial charge in [-0.1, -0.05) is 27.7 Å². The number of rotatable bonds is 4. The predicted molar refractivity (Wildman–Crippen MR) is 65.4 cm³/mol. The maximum Gasteiger partial charge on any atom is 0.144 e. The molecule has 0 aliphatic heterocycles. The molecule has 0 N–H and O–H groups in total. The Bertz CT molecular complexity index is 360. The van der Waals surface area contributed by atoms with Gasteiger partial charge in [-0.3, -0.25) is 9.48 Å². The van der Waals surface area contributed by atoms with Crippen LogP contribution in [-0.4, -0.2) is 15.6 Å². The molecule has 1 atom stereocenters. The van der Waals surface area contributed by atoms with Gasteiger partial charge in [-0.15, -0.1) is 0 Å². The van der Waals surface area contributed by atoms with E-state index in [1.54, 1.807) is 0 Å². The zero-order valence-corrected chi connectivity index (χ0v) is 10.9. The van der Waals surface area contributed by atoms with Crippen LogP contribution < -0.4 is 0 Å². The fraction of sp³-hybridized carbons (Fsp3) is 0.692. The highest BCUT2D eigenvalue weighted by molar-refractivity contribution is 5.85. The van der Waals surface area contributed by atoms with Gasteiger partial charge in [-0.05, 0) is 19.4 Å². The summed E-state index contributed by atoms with van der Waals surface area (Å²) in [7, 11) is 0. The third kappa shape index (κ3) is 3.19. The first-order valence-corrected chi connectivity index (χ1v) is 5.92. The first kappa shape index (κ1) is 12.9. The van der Waals surface area contributed by atoms with Crippen molar-refractivity contribution in [1.82, 2.24) is 9.78 Å². The van der Waals surface area contributed by atoms with Gasteiger partial charge in [0.1, 0.15) is 5.78 Å². The van der Waals surface area contributed by atoms with Gasteiger partial charge in [0.05, 0.1) is 12.1 Å². The van der Waals surface area contributed by atoms with Crippen LogP contribution in [0.15, 0.2) is 12.3 Å². The van der Waals surface area contributed by atoms with Crippen LogP contribution in [0, 0.1) is 5.41 Å². The van der Waals surface area contributed by atoms with E-state index in [0.29, 0.717) is 12.5 Å². The van der Waals surface area contributed by atoms with Crippen molar-refractivity contribution in [2.24, 2.45) is 5.41 Å². The number of hydrogen-bond acceptors (Lipinski definition) is 2. The second kappa shape index (κ2) is 4.81. The Morgan fingerprint density at radius 1 is 1.50 bits per heavy atom. The smallest absolute Gasteiger partial charge is 0.144 e. The molecule has 1 rings (SSSR count). The fourth-order valence-corrected chi connectivity index (χ4v) is 1.33. The molecule has 1 aromatic heterocycles. The molecule has 3 heteroatoms. The molecule has 0 saturated heterocycles. The third-order valence-electron chi connectivity index (χ3n) is 2.88. The van der Waals surface area contributed by atoms with Gasteiger partial charge >= 0.3 is 0 Å². The molecule has 0 spiro atoms. The molecule has 3 nitrogen and oxygen atoms in total. The SMILES string of the molecule is CCC(C)n1ccc(CC(=O)C(C)(C)C)n1. The molecule has 0 saturated carbocycles. The summed E-state index contributed by atoms with van der Waals surface area (Å²) in [6.45, 7) is 10.1. The molecule has 90 valence electrons. The summed E-state index contributed by atoms with van der Waals surface area (Å²) in [5.41, 5.74) is 0.598. The predicted octanol–water partition coefficient (Wildman–Crippen LogP) is 3.01. The first-order valence-electron chi connectivity index (χ1n) is 5.92. The van der Waals surface area contributed by atoms with E-state index in [4.69, 9.17) is 0 Å². The Morgan fingerprint density at radius 2 is 2.12 bits per heavy atom. The number of hydrogen-bond donors (Lipinski definition) is 0. The standard InChI is InChI=1S/C13H22N2O/c1-6-10(2)15-8-7-11(14-15)9-12(16)13(3,4)5/h7-8,10H,6,9H2,1-5H3. The number of aromatic nitrogens is 2. The van der Waals surface area contributed by atoms with Gasteiger partial charge in [0.25, 0.3) is 0 Å². The average molecular weight is 222 g/mol. The minimum Gasteiger partial charge on any atom is -0.299 e. The zero-order chi connectivity index (χ0) is 12.3. The molecular formula is C13H22N2O. The molecular weight excluding hydrogens is 200 g/mol. The van der Waals surface area contributed by atoms with Gasteiger partial charge in [0, 0.05) is 17.7 Å². The Balaban J connectivity index is 2.69. The molecule has 0 aliphatic carbocycles. The number of nitrogens with zero attached hydrogens (tertiary/aromatic N) is 2. The topological polar surface area (TPSA) is 34.9 Å². The van der Waals surface area contributed by atoms with Crippen molar-refractivity contribution in [3.63, 3.8) is 0 Å². The second-order valence-electron chi connectivity index (χ2n) is 5.39. The van der Waals surface area contributed by atoms with Crippen molar-refractivity contribution in [3.05, 3.63) is 18.0 Å². The minimum absolute atomic E-state index is 0.238. The van der Waals surface area contributed by atoms with E-state index in [9.17, 15) is 4.79 Å². The Labute approximate surface area is 97.8 Å². The van der Waals surface area contributed by atoms with Crippen LogP contribution in [0.1, 0.15) is 52.8 Å². The molecule has 0 amide bonds. The Morgan fingerprint density at radius 3 is 2.62 bits per heavy atom. The van der Waals surface area contributed by atoms with E-state index >= 15 is 0 Å². The fourth-order valence-electron chi connectivity index (χ4n) is 1.33. The van der Waals surface area contributed by atoms with Crippen molar-refractivity contribution < 1.29 is 4.79 Å². The van der Waals surface area contributed by atoms with Crippen LogP contribution in [0.3, 0.4) is 0 Å². The lowest BCUT2D eigenvalue weighted by Gasteiger charge is -2.15. The summed E-state index contributed by atoms with van der Waals surface area (Å²) in [4.78, 5) is 11.8. The molecule has 1 heterocycles. The summed E-state index contributed by atoms with van der Waals surface area (Å²) in [6, 6.07) is 2.34. The van der Waals surface area contributed by atoms with Crippen LogP contribution in [0.5, 0.6) is 0 Å². The average Bonchev–Trinajstić information content (AvgIpc) is 2.63. The summed E-state index contributed by atoms with van der Waals surface area (Å²) in [5, 5.41) is 4.43. The molecule has 0 fully saturated rings. The first-order chi connectivity index (χ1) is 7.34. The minimum atomic E-state index is -0.278. The molecule has 0 aliphatic rings. The van der Waals surface area contributed by atoms with E-state index in [-0.39, 0.29) is 11.2 Å². The van der Waals surface area contributed by atoms with Crippen molar-refractivity contribution in [2.75, 3.05) is 0 Å². The van der Waals surface area contributed by atoms with Crippen molar-refractivity contribution >= 4 is 5.78 Å². The Hall–Kier alpha value is -1.12. The van der Waals surface area contributed by atoms with Gasteiger partial charge in [0.2, 0.25) is 0 Å². The molecule has 1 aromatic rings. The van der Waals surface area contributed by atoms with Crippen LogP contribution in [0.4, 0.5) is 0 Å². The maximum absolute atomic E-state index is 11.8. The van der Waals surface area contributed by atoms with Crippen LogP contribution >= 0.6 is 0 Å². The molecule has 1 unspecified atom stereocenters. The largest absolute Gasteiger partial charge is 0.299 e. The highest BCUT2D eigenvalue weighted by atomic mass is 16.1. The molecule has 0 aromatic carbocycles. The van der Waals surface area contributed by atoms with Gasteiger partial charge < -0.3 is 0 Å². The number of carbonyl (C=O) groups is 1. The molecule has 16 heavy (non-hydrogen) atoms. The molecule has 0 radical (unpaired) electrons. The van der Waals surface area contributed by atoms with E-state index in [2.05, 4.69) is 18.9 Å². The number of ketones is 1. The number of carbonyl (C=O) groups excluding carboxylic acids is 1. The van der Waals surface area contributed by atoms with Crippen LogP contribution in [-0.2, 0) is 11.2 Å². The van der Waals surface area contributed by atoms with E-state index in [1.165, 1.54) is 0 Å². The van der Waals surface area contributed by atoms with Crippen molar-refractivity contribution in [2.45, 2.75) is 53.5 Å². The highest BCUT2D eigenvalue weighted by Gasteiger charge is 2.22. The lowest BCUT2D eigenvalue weighted by Crippen LogP contribution is -2.22. The normalized spacial score (nSPS) is 13.8. The van der Waals surface area contributed by atoms with Crippen molar-refractivity contribution in [3.8, 4) is 0 Å². The second-order valence-corrected chi connectivity index (χ2v) is 5.39. The summed E-state index contributed by atoms with van der Waals surface area (Å²) < 4.78 is 1.94. The van der Waals surface area contributed by atoms with Gasteiger partial charge in [-0.2, -0.15) is 5.10 Å². The van der Waals surface area contributed by atoms with Crippen molar-refractivity contribution in [1.29, 1.82) is 0 Å². The quantitative estimate of drug-likeness (QED) is 0.785.